The number of nitrogens with zero attached hydrogens (tertiary/aromatic N) is 2. The second kappa shape index (κ2) is 7.54. The van der Waals surface area contributed by atoms with E-state index in [0.717, 1.165) is 35.9 Å². The molecule has 146 valence electrons. The van der Waals surface area contributed by atoms with Gasteiger partial charge in [-0.3, -0.25) is 4.90 Å². The number of likely N-dealkylation sites (tertiary alicyclic amines) is 1. The molecule has 28 heavy (non-hydrogen) atoms. The normalized spacial score (nSPS) is 18.6. The van der Waals surface area contributed by atoms with E-state index in [4.69, 9.17) is 0 Å². The van der Waals surface area contributed by atoms with Crippen molar-refractivity contribution in [2.24, 2.45) is 0 Å². The summed E-state index contributed by atoms with van der Waals surface area (Å²) in [6, 6.07) is 16.1. The van der Waals surface area contributed by atoms with Crippen molar-refractivity contribution in [3.05, 3.63) is 78.5 Å². The molecule has 3 aromatic rings. The van der Waals surface area contributed by atoms with Gasteiger partial charge in [0.25, 0.3) is 10.0 Å². The van der Waals surface area contributed by atoms with Crippen LogP contribution < -0.4 is 0 Å². The van der Waals surface area contributed by atoms with Crippen LogP contribution in [-0.2, 0) is 10.0 Å². The molecule has 5 nitrogen and oxygen atoms in total. The molecule has 0 bridgehead atoms. The molecule has 0 radical (unpaired) electrons. The van der Waals surface area contributed by atoms with E-state index >= 15 is 0 Å². The fraction of sp³-hybridized carbons (Fsp3) is 0.273. The van der Waals surface area contributed by atoms with E-state index in [2.05, 4.69) is 11.5 Å². The summed E-state index contributed by atoms with van der Waals surface area (Å²) >= 11 is 0. The zero-order valence-corrected chi connectivity index (χ0v) is 16.5. The molecular formula is C22H24N2O3S. The molecular weight excluding hydrogens is 372 g/mol. The van der Waals surface area contributed by atoms with Gasteiger partial charge in [0.05, 0.1) is 17.0 Å². The maximum Gasteiger partial charge on any atom is 0.268 e. The van der Waals surface area contributed by atoms with Crippen molar-refractivity contribution in [2.75, 3.05) is 19.7 Å². The first kappa shape index (κ1) is 18.9. The first-order valence-electron chi connectivity index (χ1n) is 9.44. The second-order valence-electron chi connectivity index (χ2n) is 7.20. The number of hydrogen-bond donors (Lipinski definition) is 1. The summed E-state index contributed by atoms with van der Waals surface area (Å²) in [5, 5.41) is 10.4. The molecule has 0 spiro atoms. The average Bonchev–Trinajstić information content (AvgIpc) is 3.10. The topological polar surface area (TPSA) is 62.5 Å². The third-order valence-corrected chi connectivity index (χ3v) is 7.12. The molecule has 1 atom stereocenters. The van der Waals surface area contributed by atoms with Gasteiger partial charge in [-0.25, -0.2) is 12.4 Å². The van der Waals surface area contributed by atoms with E-state index in [9.17, 15) is 13.5 Å². The van der Waals surface area contributed by atoms with Crippen molar-refractivity contribution in [3.63, 3.8) is 0 Å². The summed E-state index contributed by atoms with van der Waals surface area (Å²) in [4.78, 5) is 2.48. The number of benzene rings is 2. The van der Waals surface area contributed by atoms with Crippen LogP contribution in [0.5, 0.6) is 0 Å². The Hall–Kier alpha value is -2.41. The Balaban J connectivity index is 1.89. The number of rotatable bonds is 5. The van der Waals surface area contributed by atoms with E-state index in [1.54, 1.807) is 36.5 Å². The number of fused-ring (bicyclic) bond motifs is 1. The van der Waals surface area contributed by atoms with Gasteiger partial charge in [-0.2, -0.15) is 0 Å². The van der Waals surface area contributed by atoms with Crippen LogP contribution in [0.2, 0.25) is 0 Å². The van der Waals surface area contributed by atoms with Crippen molar-refractivity contribution in [2.45, 2.75) is 23.8 Å². The summed E-state index contributed by atoms with van der Waals surface area (Å²) in [6.07, 6.45) is 3.41. The van der Waals surface area contributed by atoms with Gasteiger partial charge in [0.1, 0.15) is 0 Å². The summed E-state index contributed by atoms with van der Waals surface area (Å²) in [5.41, 5.74) is 2.79. The molecule has 1 fully saturated rings. The highest BCUT2D eigenvalue weighted by atomic mass is 32.2. The molecule has 2 heterocycles. The van der Waals surface area contributed by atoms with Gasteiger partial charge in [-0.1, -0.05) is 48.6 Å². The van der Waals surface area contributed by atoms with E-state index in [0.29, 0.717) is 12.1 Å². The summed E-state index contributed by atoms with van der Waals surface area (Å²) in [5.74, 6) is 0. The monoisotopic (exact) mass is 396 g/mol. The van der Waals surface area contributed by atoms with Gasteiger partial charge < -0.3 is 5.11 Å². The summed E-state index contributed by atoms with van der Waals surface area (Å²) in [6.45, 7) is 5.60. The van der Waals surface area contributed by atoms with Gasteiger partial charge in [-0.15, -0.1) is 0 Å². The third kappa shape index (κ3) is 3.28. The van der Waals surface area contributed by atoms with Crippen LogP contribution in [0.25, 0.3) is 10.9 Å². The number of aliphatic hydroxyl groups is 1. The number of piperidine rings is 1. The Labute approximate surface area is 165 Å². The van der Waals surface area contributed by atoms with Crippen LogP contribution in [0.3, 0.4) is 0 Å². The Kier molecular flexibility index (Phi) is 5.10. The van der Waals surface area contributed by atoms with Crippen molar-refractivity contribution < 1.29 is 13.5 Å². The maximum absolute atomic E-state index is 13.3. The zero-order chi connectivity index (χ0) is 19.7. The molecule has 0 saturated carbocycles. The predicted octanol–water partition coefficient (Wildman–Crippen LogP) is 3.56. The highest BCUT2D eigenvalue weighted by Crippen LogP contribution is 2.38. The van der Waals surface area contributed by atoms with Crippen molar-refractivity contribution in [1.29, 1.82) is 0 Å². The Morgan fingerprint density at radius 2 is 1.79 bits per heavy atom. The van der Waals surface area contributed by atoms with Gasteiger partial charge in [0, 0.05) is 30.7 Å². The number of aromatic nitrogens is 1. The number of aliphatic hydroxyl groups excluding tert-OH is 1. The lowest BCUT2D eigenvalue weighted by Gasteiger charge is -2.36. The molecule has 2 aromatic carbocycles. The minimum atomic E-state index is -3.70. The van der Waals surface area contributed by atoms with Crippen molar-refractivity contribution >= 4 is 20.9 Å². The average molecular weight is 397 g/mol. The molecule has 6 heteroatoms. The summed E-state index contributed by atoms with van der Waals surface area (Å²) in [7, 11) is -3.70. The zero-order valence-electron chi connectivity index (χ0n) is 15.7. The largest absolute Gasteiger partial charge is 0.395 e. The van der Waals surface area contributed by atoms with Gasteiger partial charge >= 0.3 is 0 Å². The van der Waals surface area contributed by atoms with Crippen LogP contribution in [0.1, 0.15) is 24.4 Å². The molecule has 1 saturated heterocycles. The molecule has 0 amide bonds. The third-order valence-electron chi connectivity index (χ3n) is 5.43. The van der Waals surface area contributed by atoms with Crippen molar-refractivity contribution in [3.8, 4) is 0 Å². The van der Waals surface area contributed by atoms with E-state index in [-0.39, 0.29) is 17.5 Å². The fourth-order valence-corrected chi connectivity index (χ4v) is 5.41. The van der Waals surface area contributed by atoms with Crippen LogP contribution >= 0.6 is 0 Å². The lowest BCUT2D eigenvalue weighted by molar-refractivity contribution is 0.136. The first-order valence-corrected chi connectivity index (χ1v) is 10.9. The standard InChI is InChI=1S/C22H24N2O3S/c1-17-11-12-23(13-14-25)22(15-17)20-16-24(21-10-6-5-9-19(20)21)28(26,27)18-7-3-2-4-8-18/h2-10,16,22,25H,1,11-15H2. The van der Waals surface area contributed by atoms with Crippen LogP contribution in [0, 0.1) is 0 Å². The molecule has 1 unspecified atom stereocenters. The molecule has 1 aliphatic heterocycles. The Morgan fingerprint density at radius 1 is 1.07 bits per heavy atom. The van der Waals surface area contributed by atoms with E-state index in [1.807, 2.05) is 24.3 Å². The van der Waals surface area contributed by atoms with Gasteiger partial charge in [0.2, 0.25) is 0 Å². The molecule has 4 rings (SSSR count). The SMILES string of the molecule is C=C1CCN(CCO)C(c2cn(S(=O)(=O)c3ccccc3)c3ccccc23)C1. The van der Waals surface area contributed by atoms with Crippen molar-refractivity contribution in [1.82, 2.24) is 8.87 Å². The molecule has 1 N–H and O–H groups in total. The number of hydrogen-bond acceptors (Lipinski definition) is 4. The van der Waals surface area contributed by atoms with E-state index in [1.165, 1.54) is 3.97 Å². The van der Waals surface area contributed by atoms with Crippen LogP contribution in [0.15, 0.2) is 77.8 Å². The number of β-amino-alcohol motifs (C(OH)–C–C–N with tert-alkyl or cyclic N) is 1. The summed E-state index contributed by atoms with van der Waals surface area (Å²) < 4.78 is 28.0. The van der Waals surface area contributed by atoms with Crippen LogP contribution in [-0.4, -0.2) is 42.1 Å². The highest BCUT2D eigenvalue weighted by molar-refractivity contribution is 7.90. The Bertz CT molecular complexity index is 1100. The lowest BCUT2D eigenvalue weighted by atomic mass is 9.92. The minimum Gasteiger partial charge on any atom is -0.395 e. The fourth-order valence-electron chi connectivity index (χ4n) is 4.01. The van der Waals surface area contributed by atoms with Gasteiger partial charge in [0.15, 0.2) is 0 Å². The number of para-hydroxylation sites is 1. The predicted molar refractivity (Wildman–Crippen MR) is 111 cm³/mol. The first-order chi connectivity index (χ1) is 13.5. The van der Waals surface area contributed by atoms with Crippen LogP contribution in [0.4, 0.5) is 0 Å². The minimum absolute atomic E-state index is 0.00511. The second-order valence-corrected chi connectivity index (χ2v) is 9.01. The lowest BCUT2D eigenvalue weighted by Crippen LogP contribution is -2.36. The molecule has 1 aliphatic rings. The Morgan fingerprint density at radius 3 is 2.54 bits per heavy atom. The highest BCUT2D eigenvalue weighted by Gasteiger charge is 2.30. The van der Waals surface area contributed by atoms with E-state index < -0.39 is 10.0 Å². The van der Waals surface area contributed by atoms with Gasteiger partial charge in [-0.05, 0) is 36.6 Å². The molecule has 0 aliphatic carbocycles. The smallest absolute Gasteiger partial charge is 0.268 e. The molecule has 1 aromatic heterocycles. The quantitative estimate of drug-likeness (QED) is 0.670. The maximum atomic E-state index is 13.3.